The van der Waals surface area contributed by atoms with E-state index in [2.05, 4.69) is 95.4 Å². The van der Waals surface area contributed by atoms with Crippen LogP contribution in [-0.4, -0.2) is 23.9 Å². The van der Waals surface area contributed by atoms with Gasteiger partial charge in [-0.3, -0.25) is 4.68 Å². The van der Waals surface area contributed by atoms with E-state index in [4.69, 9.17) is 0 Å². The van der Waals surface area contributed by atoms with E-state index < -0.39 is 0 Å². The van der Waals surface area contributed by atoms with Crippen molar-refractivity contribution >= 4 is 0 Å². The maximum Gasteiger partial charge on any atom is 0.0951 e. The van der Waals surface area contributed by atoms with Crippen LogP contribution >= 0.6 is 0 Å². The molecule has 3 aromatic rings. The number of imidazole rings is 1. The normalized spacial score (nSPS) is 15.0. The third kappa shape index (κ3) is 4.34. The Morgan fingerprint density at radius 3 is 1.89 bits per heavy atom. The van der Waals surface area contributed by atoms with Crippen LogP contribution in [0.5, 0.6) is 0 Å². The van der Waals surface area contributed by atoms with Gasteiger partial charge < -0.3 is 9.13 Å². The SMILES string of the molecule is CC(C)(CCC(C)(CCC(C)(C)n1cccn1)n1ccnc1)n1cccc1. The predicted octanol–water partition coefficient (Wildman–Crippen LogP) is 5.03. The van der Waals surface area contributed by atoms with Crippen LogP contribution in [0, 0.1) is 0 Å². The van der Waals surface area contributed by atoms with Gasteiger partial charge >= 0.3 is 0 Å². The summed E-state index contributed by atoms with van der Waals surface area (Å²) in [6.07, 6.45) is 18.5. The zero-order valence-corrected chi connectivity index (χ0v) is 17.3. The van der Waals surface area contributed by atoms with Crippen molar-refractivity contribution in [1.82, 2.24) is 23.9 Å². The first-order valence-electron chi connectivity index (χ1n) is 9.85. The highest BCUT2D eigenvalue weighted by Crippen LogP contribution is 2.36. The molecule has 0 saturated carbocycles. The first-order valence-corrected chi connectivity index (χ1v) is 9.85. The van der Waals surface area contributed by atoms with Gasteiger partial charge in [-0.1, -0.05) is 0 Å². The van der Waals surface area contributed by atoms with E-state index in [0.29, 0.717) is 0 Å². The first-order chi connectivity index (χ1) is 12.7. The molecule has 0 bridgehead atoms. The lowest BCUT2D eigenvalue weighted by atomic mass is 9.81. The van der Waals surface area contributed by atoms with Gasteiger partial charge in [-0.25, -0.2) is 4.98 Å². The molecule has 1 unspecified atom stereocenters. The summed E-state index contributed by atoms with van der Waals surface area (Å²) in [5.74, 6) is 0. The molecule has 27 heavy (non-hydrogen) atoms. The molecular weight excluding hydrogens is 334 g/mol. The van der Waals surface area contributed by atoms with Crippen LogP contribution in [0.2, 0.25) is 0 Å². The molecule has 146 valence electrons. The van der Waals surface area contributed by atoms with Crippen LogP contribution in [0.25, 0.3) is 0 Å². The van der Waals surface area contributed by atoms with Gasteiger partial charge in [-0.2, -0.15) is 5.10 Å². The van der Waals surface area contributed by atoms with Gasteiger partial charge in [0.25, 0.3) is 0 Å². The second kappa shape index (κ2) is 7.37. The molecular formula is C22H33N5. The van der Waals surface area contributed by atoms with Crippen LogP contribution in [0.1, 0.15) is 60.3 Å². The number of hydrogen-bond donors (Lipinski definition) is 0. The van der Waals surface area contributed by atoms with Crippen molar-refractivity contribution in [2.45, 2.75) is 76.9 Å². The van der Waals surface area contributed by atoms with E-state index >= 15 is 0 Å². The summed E-state index contributed by atoms with van der Waals surface area (Å²) >= 11 is 0. The molecule has 3 heterocycles. The Hall–Kier alpha value is -2.30. The number of aromatic nitrogens is 5. The zero-order valence-electron chi connectivity index (χ0n) is 17.3. The van der Waals surface area contributed by atoms with E-state index in [1.165, 1.54) is 0 Å². The van der Waals surface area contributed by atoms with Crippen molar-refractivity contribution in [3.63, 3.8) is 0 Å². The van der Waals surface area contributed by atoms with Gasteiger partial charge in [0, 0.05) is 48.3 Å². The molecule has 0 spiro atoms. The van der Waals surface area contributed by atoms with Gasteiger partial charge in [-0.15, -0.1) is 0 Å². The lowest BCUT2D eigenvalue weighted by molar-refractivity contribution is 0.175. The van der Waals surface area contributed by atoms with Crippen LogP contribution in [0.3, 0.4) is 0 Å². The third-order valence-corrected chi connectivity index (χ3v) is 6.11. The van der Waals surface area contributed by atoms with Crippen LogP contribution in [0.4, 0.5) is 0 Å². The summed E-state index contributed by atoms with van der Waals surface area (Å²) in [6.45, 7) is 11.5. The van der Waals surface area contributed by atoms with E-state index in [1.54, 1.807) is 0 Å². The van der Waals surface area contributed by atoms with Gasteiger partial charge in [-0.05, 0) is 78.5 Å². The Bertz CT molecular complexity index is 745. The fraction of sp³-hybridized carbons (Fsp3) is 0.545. The highest BCUT2D eigenvalue weighted by molar-refractivity contribution is 4.98. The summed E-state index contributed by atoms with van der Waals surface area (Å²) in [6, 6.07) is 6.20. The maximum atomic E-state index is 4.46. The van der Waals surface area contributed by atoms with E-state index in [0.717, 1.165) is 25.7 Å². The number of hydrogen-bond acceptors (Lipinski definition) is 2. The van der Waals surface area contributed by atoms with Crippen molar-refractivity contribution in [2.24, 2.45) is 0 Å². The van der Waals surface area contributed by atoms with Crippen molar-refractivity contribution in [3.8, 4) is 0 Å². The minimum atomic E-state index is -0.0126. The van der Waals surface area contributed by atoms with Crippen molar-refractivity contribution in [3.05, 3.63) is 61.7 Å². The Morgan fingerprint density at radius 2 is 1.33 bits per heavy atom. The monoisotopic (exact) mass is 367 g/mol. The standard InChI is InChI=1S/C22H33N5/c1-20(2,25-15-6-7-16-25)9-11-22(5,26-18-14-23-19-26)12-10-21(3,4)27-17-8-13-24-27/h6-8,13-19H,9-12H2,1-5H3. The minimum absolute atomic E-state index is 0.0126. The molecule has 0 fully saturated rings. The van der Waals surface area contributed by atoms with E-state index in [1.807, 2.05) is 24.8 Å². The van der Waals surface area contributed by atoms with Crippen LogP contribution < -0.4 is 0 Å². The molecule has 0 aliphatic rings. The van der Waals surface area contributed by atoms with Crippen molar-refractivity contribution in [1.29, 1.82) is 0 Å². The zero-order chi connectivity index (χ0) is 19.5. The highest BCUT2D eigenvalue weighted by atomic mass is 15.3. The highest BCUT2D eigenvalue weighted by Gasteiger charge is 2.33. The smallest absolute Gasteiger partial charge is 0.0951 e. The second-order valence-electron chi connectivity index (χ2n) is 9.13. The third-order valence-electron chi connectivity index (χ3n) is 6.11. The van der Waals surface area contributed by atoms with Gasteiger partial charge in [0.2, 0.25) is 0 Å². The molecule has 5 nitrogen and oxygen atoms in total. The number of nitrogens with zero attached hydrogens (tertiary/aromatic N) is 5. The molecule has 0 aliphatic carbocycles. The predicted molar refractivity (Wildman–Crippen MR) is 110 cm³/mol. The molecule has 0 aliphatic heterocycles. The largest absolute Gasteiger partial charge is 0.349 e. The summed E-state index contributed by atoms with van der Waals surface area (Å²) in [4.78, 5) is 4.32. The van der Waals surface area contributed by atoms with Gasteiger partial charge in [0.15, 0.2) is 0 Å². The average molecular weight is 368 g/mol. The Labute approximate surface area is 163 Å². The fourth-order valence-corrected chi connectivity index (χ4v) is 3.72. The Kier molecular flexibility index (Phi) is 5.31. The quantitative estimate of drug-likeness (QED) is 0.532. The van der Waals surface area contributed by atoms with Crippen LogP contribution in [0.15, 0.2) is 61.7 Å². The molecule has 1 atom stereocenters. The minimum Gasteiger partial charge on any atom is -0.349 e. The van der Waals surface area contributed by atoms with Gasteiger partial charge in [0.05, 0.1) is 11.9 Å². The Balaban J connectivity index is 1.75. The fourth-order valence-electron chi connectivity index (χ4n) is 3.72. The maximum absolute atomic E-state index is 4.46. The molecule has 3 rings (SSSR count). The molecule has 0 radical (unpaired) electrons. The summed E-state index contributed by atoms with van der Waals surface area (Å²) < 4.78 is 6.68. The summed E-state index contributed by atoms with van der Waals surface area (Å²) in [5.41, 5.74) is 0.0927. The number of rotatable bonds is 9. The summed E-state index contributed by atoms with van der Waals surface area (Å²) in [7, 11) is 0. The van der Waals surface area contributed by atoms with Crippen LogP contribution in [-0.2, 0) is 16.6 Å². The van der Waals surface area contributed by atoms with Gasteiger partial charge in [0.1, 0.15) is 0 Å². The first kappa shape index (κ1) is 19.5. The molecule has 5 heteroatoms. The molecule has 0 aromatic carbocycles. The Morgan fingerprint density at radius 1 is 0.667 bits per heavy atom. The van der Waals surface area contributed by atoms with Crippen molar-refractivity contribution < 1.29 is 0 Å². The lowest BCUT2D eigenvalue weighted by Crippen LogP contribution is -2.36. The molecule has 0 N–H and O–H groups in total. The topological polar surface area (TPSA) is 40.6 Å². The average Bonchev–Trinajstić information content (AvgIpc) is 3.39. The van der Waals surface area contributed by atoms with E-state index in [-0.39, 0.29) is 16.6 Å². The molecule has 0 saturated heterocycles. The molecule has 0 amide bonds. The van der Waals surface area contributed by atoms with E-state index in [9.17, 15) is 0 Å². The second-order valence-corrected chi connectivity index (χ2v) is 9.13. The lowest BCUT2D eigenvalue weighted by Gasteiger charge is -2.38. The summed E-state index contributed by atoms with van der Waals surface area (Å²) in [5, 5.41) is 4.46. The van der Waals surface area contributed by atoms with Crippen molar-refractivity contribution in [2.75, 3.05) is 0 Å². The molecule has 3 aromatic heterocycles.